The fraction of sp³-hybridized carbons (Fsp3) is 0.375. The second kappa shape index (κ2) is 7.04. The van der Waals surface area contributed by atoms with E-state index < -0.39 is 29.8 Å². The van der Waals surface area contributed by atoms with Crippen LogP contribution in [0.25, 0.3) is 0 Å². The summed E-state index contributed by atoms with van der Waals surface area (Å²) in [5.41, 5.74) is 0.611. The lowest BCUT2D eigenvalue weighted by atomic mass is 10.1. The molecule has 0 fully saturated rings. The fourth-order valence-electron chi connectivity index (χ4n) is 2.48. The SMILES string of the molecule is COC(=O)CC(CCOC(C)=O)N1C(=O)c2ccccc2C1=O. The molecule has 1 atom stereocenters. The third kappa shape index (κ3) is 3.56. The Kier molecular flexibility index (Phi) is 5.10. The molecule has 0 N–H and O–H groups in total. The monoisotopic (exact) mass is 319 g/mol. The Hall–Kier alpha value is -2.70. The maximum Gasteiger partial charge on any atom is 0.307 e. The second-order valence-corrected chi connectivity index (χ2v) is 5.09. The van der Waals surface area contributed by atoms with E-state index in [9.17, 15) is 19.2 Å². The maximum atomic E-state index is 12.5. The van der Waals surface area contributed by atoms with Crippen LogP contribution in [0.4, 0.5) is 0 Å². The van der Waals surface area contributed by atoms with Crippen molar-refractivity contribution < 1.29 is 28.7 Å². The van der Waals surface area contributed by atoms with Crippen LogP contribution in [-0.2, 0) is 19.1 Å². The van der Waals surface area contributed by atoms with Gasteiger partial charge in [0.05, 0.1) is 37.3 Å². The van der Waals surface area contributed by atoms with E-state index in [1.165, 1.54) is 14.0 Å². The molecule has 1 aliphatic rings. The smallest absolute Gasteiger partial charge is 0.307 e. The minimum atomic E-state index is -0.728. The Morgan fingerprint density at radius 1 is 1.13 bits per heavy atom. The molecule has 122 valence electrons. The average Bonchev–Trinajstić information content (AvgIpc) is 2.78. The zero-order valence-electron chi connectivity index (χ0n) is 12.9. The van der Waals surface area contributed by atoms with Gasteiger partial charge in [0, 0.05) is 13.3 Å². The molecule has 0 radical (unpaired) electrons. The first-order valence-electron chi connectivity index (χ1n) is 7.12. The minimum absolute atomic E-state index is 0.00436. The summed E-state index contributed by atoms with van der Waals surface area (Å²) in [4.78, 5) is 48.4. The van der Waals surface area contributed by atoms with Gasteiger partial charge in [-0.15, -0.1) is 0 Å². The number of hydrogen-bond donors (Lipinski definition) is 0. The molecule has 0 bridgehead atoms. The predicted molar refractivity (Wildman–Crippen MR) is 78.6 cm³/mol. The van der Waals surface area contributed by atoms with E-state index in [2.05, 4.69) is 4.74 Å². The summed E-state index contributed by atoms with van der Waals surface area (Å²) in [6.07, 6.45) is 0.0172. The quantitative estimate of drug-likeness (QED) is 0.577. The number of carbonyl (C=O) groups is 4. The van der Waals surface area contributed by atoms with Crippen LogP contribution in [0.1, 0.15) is 40.5 Å². The summed E-state index contributed by atoms with van der Waals surface area (Å²) >= 11 is 0. The lowest BCUT2D eigenvalue weighted by Crippen LogP contribution is -2.42. The van der Waals surface area contributed by atoms with Crippen molar-refractivity contribution in [1.29, 1.82) is 0 Å². The van der Waals surface area contributed by atoms with Crippen molar-refractivity contribution in [3.63, 3.8) is 0 Å². The minimum Gasteiger partial charge on any atom is -0.469 e. The van der Waals surface area contributed by atoms with Crippen molar-refractivity contribution in [2.24, 2.45) is 0 Å². The molecule has 2 rings (SSSR count). The molecule has 1 aromatic carbocycles. The van der Waals surface area contributed by atoms with Crippen LogP contribution in [0.5, 0.6) is 0 Å². The van der Waals surface area contributed by atoms with E-state index in [1.54, 1.807) is 24.3 Å². The lowest BCUT2D eigenvalue weighted by Gasteiger charge is -2.25. The molecule has 2 amide bonds. The van der Waals surface area contributed by atoms with Gasteiger partial charge < -0.3 is 9.47 Å². The normalized spacial score (nSPS) is 14.4. The lowest BCUT2D eigenvalue weighted by molar-refractivity contribution is -0.142. The number of fused-ring (bicyclic) bond motifs is 1. The van der Waals surface area contributed by atoms with Gasteiger partial charge in [0.1, 0.15) is 0 Å². The number of rotatable bonds is 6. The topological polar surface area (TPSA) is 90.0 Å². The number of esters is 2. The summed E-state index contributed by atoms with van der Waals surface area (Å²) in [6, 6.07) is 5.74. The van der Waals surface area contributed by atoms with Gasteiger partial charge in [-0.2, -0.15) is 0 Å². The highest BCUT2D eigenvalue weighted by Gasteiger charge is 2.40. The summed E-state index contributed by atoms with van der Waals surface area (Å²) in [6.45, 7) is 1.27. The fourth-order valence-corrected chi connectivity index (χ4v) is 2.48. The zero-order valence-corrected chi connectivity index (χ0v) is 12.9. The Balaban J connectivity index is 2.21. The van der Waals surface area contributed by atoms with E-state index in [1.807, 2.05) is 0 Å². The molecule has 7 nitrogen and oxygen atoms in total. The van der Waals surface area contributed by atoms with Crippen LogP contribution in [0.3, 0.4) is 0 Å². The van der Waals surface area contributed by atoms with E-state index in [0.717, 1.165) is 4.90 Å². The molecule has 1 aromatic rings. The molecule has 7 heteroatoms. The first-order valence-corrected chi connectivity index (χ1v) is 7.12. The molecule has 0 aromatic heterocycles. The molecule has 0 saturated heterocycles. The number of methoxy groups -OCH3 is 1. The van der Waals surface area contributed by atoms with Gasteiger partial charge in [0.15, 0.2) is 0 Å². The number of carbonyl (C=O) groups excluding carboxylic acids is 4. The van der Waals surface area contributed by atoms with Crippen LogP contribution in [0, 0.1) is 0 Å². The number of amides is 2. The average molecular weight is 319 g/mol. The van der Waals surface area contributed by atoms with Gasteiger partial charge in [-0.3, -0.25) is 24.1 Å². The van der Waals surface area contributed by atoms with Crippen molar-refractivity contribution in [3.8, 4) is 0 Å². The standard InChI is InChI=1S/C16H17NO6/c1-10(18)23-8-7-11(9-14(19)22-2)17-15(20)12-5-3-4-6-13(12)16(17)21/h3-6,11H,7-9H2,1-2H3. The van der Waals surface area contributed by atoms with E-state index in [4.69, 9.17) is 4.74 Å². The molecule has 23 heavy (non-hydrogen) atoms. The summed E-state index contributed by atoms with van der Waals surface area (Å²) in [5.74, 6) is -1.93. The number of hydrogen-bond acceptors (Lipinski definition) is 6. The van der Waals surface area contributed by atoms with Crippen LogP contribution >= 0.6 is 0 Å². The number of nitrogens with zero attached hydrogens (tertiary/aromatic N) is 1. The molecular weight excluding hydrogens is 302 g/mol. The van der Waals surface area contributed by atoms with E-state index in [-0.39, 0.29) is 19.4 Å². The van der Waals surface area contributed by atoms with Gasteiger partial charge in [0.25, 0.3) is 11.8 Å². The number of imide groups is 1. The van der Waals surface area contributed by atoms with E-state index >= 15 is 0 Å². The molecule has 1 heterocycles. The zero-order chi connectivity index (χ0) is 17.0. The Labute approximate surface area is 133 Å². The van der Waals surface area contributed by atoms with Crippen LogP contribution < -0.4 is 0 Å². The Morgan fingerprint density at radius 2 is 1.70 bits per heavy atom. The van der Waals surface area contributed by atoms with Crippen LogP contribution in [-0.4, -0.2) is 48.4 Å². The van der Waals surface area contributed by atoms with Gasteiger partial charge >= 0.3 is 11.9 Å². The summed E-state index contributed by atoms with van der Waals surface area (Å²) in [5, 5.41) is 0. The highest BCUT2D eigenvalue weighted by Crippen LogP contribution is 2.26. The number of ether oxygens (including phenoxy) is 2. The van der Waals surface area contributed by atoms with Crippen molar-refractivity contribution in [1.82, 2.24) is 4.90 Å². The van der Waals surface area contributed by atoms with Crippen LogP contribution in [0.2, 0.25) is 0 Å². The van der Waals surface area contributed by atoms with Crippen LogP contribution in [0.15, 0.2) is 24.3 Å². The highest BCUT2D eigenvalue weighted by atomic mass is 16.5. The van der Waals surface area contributed by atoms with Crippen molar-refractivity contribution in [2.45, 2.75) is 25.8 Å². The van der Waals surface area contributed by atoms with Gasteiger partial charge in [-0.05, 0) is 12.1 Å². The summed E-state index contributed by atoms with van der Waals surface area (Å²) in [7, 11) is 1.23. The predicted octanol–water partition coefficient (Wildman–Crippen LogP) is 1.17. The largest absolute Gasteiger partial charge is 0.469 e. The van der Waals surface area contributed by atoms with Crippen molar-refractivity contribution >= 4 is 23.8 Å². The highest BCUT2D eigenvalue weighted by molar-refractivity contribution is 6.21. The molecule has 1 unspecified atom stereocenters. The molecule has 1 aliphatic heterocycles. The molecule has 0 aliphatic carbocycles. The van der Waals surface area contributed by atoms with E-state index in [0.29, 0.717) is 11.1 Å². The van der Waals surface area contributed by atoms with Gasteiger partial charge in [-0.25, -0.2) is 0 Å². The Morgan fingerprint density at radius 3 is 2.17 bits per heavy atom. The van der Waals surface area contributed by atoms with Gasteiger partial charge in [0.2, 0.25) is 0 Å². The third-order valence-corrected chi connectivity index (χ3v) is 3.58. The maximum absolute atomic E-state index is 12.5. The first-order chi connectivity index (χ1) is 11.0. The molecule has 0 spiro atoms. The van der Waals surface area contributed by atoms with Gasteiger partial charge in [-0.1, -0.05) is 12.1 Å². The second-order valence-electron chi connectivity index (χ2n) is 5.09. The van der Waals surface area contributed by atoms with Crippen molar-refractivity contribution in [2.75, 3.05) is 13.7 Å². The molecular formula is C16H17NO6. The number of benzene rings is 1. The van der Waals surface area contributed by atoms with Crippen molar-refractivity contribution in [3.05, 3.63) is 35.4 Å². The summed E-state index contributed by atoms with van der Waals surface area (Å²) < 4.78 is 9.47. The first kappa shape index (κ1) is 16.7. The third-order valence-electron chi connectivity index (χ3n) is 3.58. The molecule has 0 saturated carbocycles. The Bertz CT molecular complexity index is 619.